The standard InChI is InChI=1S/C16H12F3N3O2S/c17-16(18,19)11-6-7-14(12(20)9-11)25(23,24)22-13-5-1-3-10-4-2-8-21-15(10)13/h1-9,22H,20H2. The first-order chi connectivity index (χ1) is 11.7. The maximum Gasteiger partial charge on any atom is 0.416 e. The topological polar surface area (TPSA) is 85.1 Å². The van der Waals surface area contributed by atoms with Crippen LogP contribution in [0.1, 0.15) is 5.56 Å². The number of rotatable bonds is 3. The number of hydrogen-bond donors (Lipinski definition) is 2. The zero-order chi connectivity index (χ0) is 18.2. The molecule has 5 nitrogen and oxygen atoms in total. The van der Waals surface area contributed by atoms with Crippen LogP contribution in [0.3, 0.4) is 0 Å². The molecule has 0 amide bonds. The first-order valence-corrected chi connectivity index (χ1v) is 8.50. The van der Waals surface area contributed by atoms with Crippen molar-refractivity contribution < 1.29 is 21.6 Å². The summed E-state index contributed by atoms with van der Waals surface area (Å²) in [7, 11) is -4.18. The number of nitrogens with one attached hydrogen (secondary N) is 1. The molecule has 3 N–H and O–H groups in total. The predicted molar refractivity (Wildman–Crippen MR) is 88.4 cm³/mol. The number of para-hydroxylation sites is 1. The molecule has 0 saturated heterocycles. The van der Waals surface area contributed by atoms with E-state index in [1.165, 1.54) is 12.3 Å². The van der Waals surface area contributed by atoms with E-state index in [-0.39, 0.29) is 5.69 Å². The number of pyridine rings is 1. The van der Waals surface area contributed by atoms with Gasteiger partial charge in [-0.05, 0) is 30.3 Å². The Kier molecular flexibility index (Phi) is 4.03. The van der Waals surface area contributed by atoms with Crippen LogP contribution in [0.4, 0.5) is 24.5 Å². The summed E-state index contributed by atoms with van der Waals surface area (Å²) in [6.07, 6.45) is -3.10. The normalized spacial score (nSPS) is 12.3. The van der Waals surface area contributed by atoms with Crippen LogP contribution in [0, 0.1) is 0 Å². The molecule has 9 heteroatoms. The minimum atomic E-state index is -4.61. The number of halogens is 3. The maximum absolute atomic E-state index is 12.7. The van der Waals surface area contributed by atoms with Gasteiger partial charge in [-0.25, -0.2) is 8.42 Å². The largest absolute Gasteiger partial charge is 0.416 e. The summed E-state index contributed by atoms with van der Waals surface area (Å²) in [6, 6.07) is 10.5. The number of aromatic nitrogens is 1. The van der Waals surface area contributed by atoms with E-state index in [9.17, 15) is 21.6 Å². The molecule has 0 unspecified atom stereocenters. The van der Waals surface area contributed by atoms with Crippen LogP contribution in [-0.4, -0.2) is 13.4 Å². The minimum absolute atomic E-state index is 0.206. The Balaban J connectivity index is 2.02. The average Bonchev–Trinajstić information content (AvgIpc) is 2.54. The molecule has 3 aromatic rings. The molecule has 0 aliphatic rings. The van der Waals surface area contributed by atoms with Gasteiger partial charge in [0.2, 0.25) is 0 Å². The van der Waals surface area contributed by atoms with Gasteiger partial charge in [-0.2, -0.15) is 13.2 Å². The highest BCUT2D eigenvalue weighted by Crippen LogP contribution is 2.33. The molecule has 0 bridgehead atoms. The molecule has 0 saturated carbocycles. The second-order valence-corrected chi connectivity index (χ2v) is 6.89. The van der Waals surface area contributed by atoms with Crippen LogP contribution in [0.25, 0.3) is 10.9 Å². The Morgan fingerprint density at radius 2 is 1.76 bits per heavy atom. The number of sulfonamides is 1. The molecule has 130 valence electrons. The van der Waals surface area contributed by atoms with Crippen molar-refractivity contribution in [1.29, 1.82) is 0 Å². The number of alkyl halides is 3. The van der Waals surface area contributed by atoms with Crippen molar-refractivity contribution in [3.05, 3.63) is 60.3 Å². The van der Waals surface area contributed by atoms with Crippen LogP contribution in [0.2, 0.25) is 0 Å². The third-order valence-electron chi connectivity index (χ3n) is 3.50. The van der Waals surface area contributed by atoms with Crippen molar-refractivity contribution >= 4 is 32.3 Å². The summed E-state index contributed by atoms with van der Waals surface area (Å²) in [5.41, 5.74) is 4.65. The fraction of sp³-hybridized carbons (Fsp3) is 0.0625. The van der Waals surface area contributed by atoms with Gasteiger partial charge in [0.15, 0.2) is 0 Å². The molecule has 25 heavy (non-hydrogen) atoms. The number of nitrogens with zero attached hydrogens (tertiary/aromatic N) is 1. The highest BCUT2D eigenvalue weighted by atomic mass is 32.2. The van der Waals surface area contributed by atoms with Gasteiger partial charge in [-0.15, -0.1) is 0 Å². The first kappa shape index (κ1) is 17.0. The monoisotopic (exact) mass is 367 g/mol. The summed E-state index contributed by atoms with van der Waals surface area (Å²) in [6.45, 7) is 0. The third kappa shape index (κ3) is 3.36. The van der Waals surface area contributed by atoms with Gasteiger partial charge in [0.05, 0.1) is 22.5 Å². The van der Waals surface area contributed by atoms with Gasteiger partial charge in [0, 0.05) is 11.6 Å². The van der Waals surface area contributed by atoms with Crippen molar-refractivity contribution in [3.63, 3.8) is 0 Å². The van der Waals surface area contributed by atoms with Gasteiger partial charge >= 0.3 is 6.18 Å². The average molecular weight is 367 g/mol. The lowest BCUT2D eigenvalue weighted by Crippen LogP contribution is -2.16. The van der Waals surface area contributed by atoms with Crippen LogP contribution in [0.5, 0.6) is 0 Å². The molecule has 0 atom stereocenters. The number of nitrogens with two attached hydrogens (primary N) is 1. The van der Waals surface area contributed by atoms with E-state index in [1.807, 2.05) is 0 Å². The van der Waals surface area contributed by atoms with Crippen molar-refractivity contribution in [2.24, 2.45) is 0 Å². The molecule has 2 aromatic carbocycles. The quantitative estimate of drug-likeness (QED) is 0.692. The molecule has 0 radical (unpaired) electrons. The number of fused-ring (bicyclic) bond motifs is 1. The Morgan fingerprint density at radius 1 is 1.04 bits per heavy atom. The van der Waals surface area contributed by atoms with E-state index in [4.69, 9.17) is 5.73 Å². The van der Waals surface area contributed by atoms with E-state index < -0.39 is 32.3 Å². The number of benzene rings is 2. The van der Waals surface area contributed by atoms with Crippen molar-refractivity contribution in [3.8, 4) is 0 Å². The summed E-state index contributed by atoms with van der Waals surface area (Å²) in [5.74, 6) is 0. The van der Waals surface area contributed by atoms with Crippen LogP contribution in [0.15, 0.2) is 59.6 Å². The molecular formula is C16H12F3N3O2S. The molecule has 1 heterocycles. The Labute approximate surface area is 141 Å². The summed E-state index contributed by atoms with van der Waals surface area (Å²) < 4.78 is 65.4. The van der Waals surface area contributed by atoms with Gasteiger partial charge in [-0.1, -0.05) is 18.2 Å². The molecule has 1 aromatic heterocycles. The smallest absolute Gasteiger partial charge is 0.398 e. The molecule has 0 spiro atoms. The van der Waals surface area contributed by atoms with E-state index in [0.717, 1.165) is 6.07 Å². The van der Waals surface area contributed by atoms with Crippen LogP contribution >= 0.6 is 0 Å². The zero-order valence-electron chi connectivity index (χ0n) is 12.6. The van der Waals surface area contributed by atoms with Gasteiger partial charge < -0.3 is 5.73 Å². The lowest BCUT2D eigenvalue weighted by atomic mass is 10.2. The van der Waals surface area contributed by atoms with Crippen LogP contribution in [-0.2, 0) is 16.2 Å². The van der Waals surface area contributed by atoms with E-state index >= 15 is 0 Å². The Hall–Kier alpha value is -2.81. The zero-order valence-corrected chi connectivity index (χ0v) is 13.4. The second-order valence-electron chi connectivity index (χ2n) is 5.24. The highest BCUT2D eigenvalue weighted by molar-refractivity contribution is 7.93. The first-order valence-electron chi connectivity index (χ1n) is 7.02. The lowest BCUT2D eigenvalue weighted by molar-refractivity contribution is -0.137. The Morgan fingerprint density at radius 3 is 2.44 bits per heavy atom. The number of hydrogen-bond acceptors (Lipinski definition) is 4. The van der Waals surface area contributed by atoms with E-state index in [1.54, 1.807) is 24.3 Å². The van der Waals surface area contributed by atoms with Gasteiger partial charge in [-0.3, -0.25) is 9.71 Å². The summed E-state index contributed by atoms with van der Waals surface area (Å²) in [4.78, 5) is 3.68. The van der Waals surface area contributed by atoms with E-state index in [0.29, 0.717) is 23.0 Å². The summed E-state index contributed by atoms with van der Waals surface area (Å²) in [5, 5.41) is 0.711. The molecule has 0 fully saturated rings. The summed E-state index contributed by atoms with van der Waals surface area (Å²) >= 11 is 0. The van der Waals surface area contributed by atoms with E-state index in [2.05, 4.69) is 9.71 Å². The second kappa shape index (κ2) is 5.92. The fourth-order valence-corrected chi connectivity index (χ4v) is 3.54. The fourth-order valence-electron chi connectivity index (χ4n) is 2.36. The van der Waals surface area contributed by atoms with Gasteiger partial charge in [0.1, 0.15) is 4.90 Å². The Bertz CT molecular complexity index is 1040. The van der Waals surface area contributed by atoms with Gasteiger partial charge in [0.25, 0.3) is 10.0 Å². The maximum atomic E-state index is 12.7. The number of nitrogen functional groups attached to an aromatic ring is 1. The minimum Gasteiger partial charge on any atom is -0.398 e. The lowest BCUT2D eigenvalue weighted by Gasteiger charge is -2.13. The van der Waals surface area contributed by atoms with Crippen LogP contribution < -0.4 is 10.5 Å². The third-order valence-corrected chi connectivity index (χ3v) is 4.94. The molecular weight excluding hydrogens is 355 g/mol. The van der Waals surface area contributed by atoms with Crippen molar-refractivity contribution in [2.45, 2.75) is 11.1 Å². The molecule has 0 aliphatic heterocycles. The molecule has 0 aliphatic carbocycles. The SMILES string of the molecule is Nc1cc(C(F)(F)F)ccc1S(=O)(=O)Nc1cccc2cccnc12. The molecule has 3 rings (SSSR count). The van der Waals surface area contributed by atoms with Crippen molar-refractivity contribution in [1.82, 2.24) is 4.98 Å². The number of anilines is 2. The van der Waals surface area contributed by atoms with Crippen molar-refractivity contribution in [2.75, 3.05) is 10.5 Å². The highest BCUT2D eigenvalue weighted by Gasteiger charge is 2.32. The predicted octanol–water partition coefficient (Wildman–Crippen LogP) is 3.64.